The number of H-pyrrole nitrogens is 1. The molecule has 0 aliphatic heterocycles. The first-order valence-corrected chi connectivity index (χ1v) is 10.5. The molecule has 0 unspecified atom stereocenters. The Kier molecular flexibility index (Phi) is 5.38. The van der Waals surface area contributed by atoms with Gasteiger partial charge < -0.3 is 15.1 Å². The molecule has 0 aliphatic rings. The topological polar surface area (TPSA) is 134 Å². The van der Waals surface area contributed by atoms with E-state index < -0.39 is 11.7 Å². The van der Waals surface area contributed by atoms with Gasteiger partial charge in [0.05, 0.1) is 11.7 Å². The highest BCUT2D eigenvalue weighted by Gasteiger charge is 2.17. The zero-order valence-corrected chi connectivity index (χ0v) is 18.2. The number of hydrogen-bond acceptors (Lipinski definition) is 6. The minimum atomic E-state index is -0.539. The Morgan fingerprint density at radius 1 is 0.971 bits per heavy atom. The molecule has 0 fully saturated rings. The highest BCUT2D eigenvalue weighted by atomic mass is 16.4. The fraction of sp³-hybridized carbons (Fsp3) is 0.125. The van der Waals surface area contributed by atoms with Gasteiger partial charge in [0.1, 0.15) is 11.4 Å². The zero-order chi connectivity index (χ0) is 23.7. The summed E-state index contributed by atoms with van der Waals surface area (Å²) in [6, 6.07) is 16.0. The second-order valence-corrected chi connectivity index (χ2v) is 7.82. The molecule has 0 atom stereocenters. The quantitative estimate of drug-likeness (QED) is 0.359. The minimum Gasteiger partial charge on any atom is -0.408 e. The number of rotatable bonds is 6. The van der Waals surface area contributed by atoms with Gasteiger partial charge in [0.15, 0.2) is 11.2 Å². The molecule has 3 N–H and O–H groups in total. The highest BCUT2D eigenvalue weighted by Crippen LogP contribution is 2.13. The number of nitrogens with zero attached hydrogens (tertiary/aromatic N) is 3. The third-order valence-corrected chi connectivity index (χ3v) is 5.33. The number of benzene rings is 2. The molecule has 10 heteroatoms. The molecule has 5 aromatic rings. The summed E-state index contributed by atoms with van der Waals surface area (Å²) < 4.78 is 6.38. The number of fused-ring (bicyclic) bond motifs is 2. The molecule has 5 rings (SSSR count). The van der Waals surface area contributed by atoms with Crippen LogP contribution in [0.4, 0.5) is 0 Å². The standard InChI is InChI=1S/C24H20N6O4/c1-14-2-4-15(5-3-14)12-26-23(32)19-11-18(28-21-8-9-27-30(19)21)22(31)25-13-16-6-7-20-17(10-16)29-24(33)34-20/h2-11H,12-13H2,1H3,(H,25,31)(H,26,32)(H,29,33). The first kappa shape index (κ1) is 21.1. The van der Waals surface area contributed by atoms with Crippen LogP contribution in [0, 0.1) is 6.92 Å². The fourth-order valence-corrected chi connectivity index (χ4v) is 3.55. The van der Waals surface area contributed by atoms with Crippen LogP contribution in [0.25, 0.3) is 16.7 Å². The lowest BCUT2D eigenvalue weighted by Gasteiger charge is -2.10. The number of carbonyl (C=O) groups excluding carboxylic acids is 2. The van der Waals surface area contributed by atoms with Crippen LogP contribution in [-0.2, 0) is 13.1 Å². The summed E-state index contributed by atoms with van der Waals surface area (Å²) in [7, 11) is 0. The van der Waals surface area contributed by atoms with Crippen LogP contribution in [0.3, 0.4) is 0 Å². The maximum atomic E-state index is 12.9. The van der Waals surface area contributed by atoms with Gasteiger partial charge in [-0.1, -0.05) is 35.9 Å². The summed E-state index contributed by atoms with van der Waals surface area (Å²) in [5.74, 6) is -1.36. The Hall–Kier alpha value is -4.73. The lowest BCUT2D eigenvalue weighted by atomic mass is 10.1. The van der Waals surface area contributed by atoms with E-state index in [1.165, 1.54) is 16.8 Å². The average Bonchev–Trinajstić information content (AvgIpc) is 3.46. The van der Waals surface area contributed by atoms with Crippen LogP contribution < -0.4 is 16.4 Å². The second kappa shape index (κ2) is 8.66. The minimum absolute atomic E-state index is 0.0892. The van der Waals surface area contributed by atoms with Gasteiger partial charge in [0.25, 0.3) is 11.8 Å². The predicted molar refractivity (Wildman–Crippen MR) is 123 cm³/mol. The van der Waals surface area contributed by atoms with E-state index in [0.29, 0.717) is 23.3 Å². The molecule has 0 saturated heterocycles. The SMILES string of the molecule is Cc1ccc(CNC(=O)c2cc(C(=O)NCc3ccc4oc(=O)[nH]c4c3)nc3ccnn23)cc1. The van der Waals surface area contributed by atoms with Gasteiger partial charge in [0.2, 0.25) is 0 Å². The lowest BCUT2D eigenvalue weighted by molar-refractivity contribution is 0.0942. The van der Waals surface area contributed by atoms with Crippen LogP contribution in [0.1, 0.15) is 37.7 Å². The van der Waals surface area contributed by atoms with Crippen LogP contribution in [-0.4, -0.2) is 31.4 Å². The van der Waals surface area contributed by atoms with Gasteiger partial charge >= 0.3 is 5.76 Å². The van der Waals surface area contributed by atoms with Gasteiger partial charge in [-0.25, -0.2) is 14.3 Å². The lowest BCUT2D eigenvalue weighted by Crippen LogP contribution is -2.28. The number of hydrogen-bond donors (Lipinski definition) is 3. The number of nitrogens with one attached hydrogen (secondary N) is 3. The van der Waals surface area contributed by atoms with E-state index >= 15 is 0 Å². The Morgan fingerprint density at radius 2 is 1.71 bits per heavy atom. The molecular weight excluding hydrogens is 436 g/mol. The summed E-state index contributed by atoms with van der Waals surface area (Å²) >= 11 is 0. The molecule has 34 heavy (non-hydrogen) atoms. The van der Waals surface area contributed by atoms with Crippen LogP contribution >= 0.6 is 0 Å². The van der Waals surface area contributed by atoms with Crippen molar-refractivity contribution < 1.29 is 14.0 Å². The van der Waals surface area contributed by atoms with Crippen molar-refractivity contribution in [2.45, 2.75) is 20.0 Å². The van der Waals surface area contributed by atoms with Gasteiger partial charge in [-0.15, -0.1) is 0 Å². The van der Waals surface area contributed by atoms with Gasteiger partial charge in [-0.3, -0.25) is 14.6 Å². The normalized spacial score (nSPS) is 11.1. The number of oxazole rings is 1. The number of aromatic amines is 1. The summed E-state index contributed by atoms with van der Waals surface area (Å²) in [5.41, 5.74) is 4.51. The molecule has 0 aliphatic carbocycles. The van der Waals surface area contributed by atoms with Crippen molar-refractivity contribution in [3.05, 3.63) is 99.4 Å². The van der Waals surface area contributed by atoms with Crippen molar-refractivity contribution in [1.29, 1.82) is 0 Å². The summed E-state index contributed by atoms with van der Waals surface area (Å²) in [4.78, 5) is 44.0. The Balaban J connectivity index is 1.33. The van der Waals surface area contributed by atoms with Crippen molar-refractivity contribution in [3.63, 3.8) is 0 Å². The van der Waals surface area contributed by atoms with E-state index in [-0.39, 0.29) is 23.8 Å². The maximum Gasteiger partial charge on any atom is 0.417 e. The molecule has 2 aromatic carbocycles. The van der Waals surface area contributed by atoms with Crippen LogP contribution in [0.2, 0.25) is 0 Å². The van der Waals surface area contributed by atoms with E-state index in [4.69, 9.17) is 4.42 Å². The monoisotopic (exact) mass is 456 g/mol. The zero-order valence-electron chi connectivity index (χ0n) is 18.2. The molecule has 3 heterocycles. The third kappa shape index (κ3) is 4.29. The van der Waals surface area contributed by atoms with E-state index in [1.54, 1.807) is 24.3 Å². The Morgan fingerprint density at radius 3 is 2.53 bits per heavy atom. The Bertz CT molecular complexity index is 1580. The summed E-state index contributed by atoms with van der Waals surface area (Å²) in [6.45, 7) is 2.53. The molecule has 0 radical (unpaired) electrons. The van der Waals surface area contributed by atoms with Crippen molar-refractivity contribution in [3.8, 4) is 0 Å². The number of amides is 2. The predicted octanol–water partition coefficient (Wildman–Crippen LogP) is 2.33. The second-order valence-electron chi connectivity index (χ2n) is 7.82. The van der Waals surface area contributed by atoms with E-state index in [9.17, 15) is 14.4 Å². The van der Waals surface area contributed by atoms with E-state index in [2.05, 4.69) is 25.7 Å². The van der Waals surface area contributed by atoms with E-state index in [1.807, 2.05) is 31.2 Å². The van der Waals surface area contributed by atoms with Crippen LogP contribution in [0.15, 0.2) is 70.0 Å². The van der Waals surface area contributed by atoms with Crippen molar-refractivity contribution in [1.82, 2.24) is 30.2 Å². The molecule has 0 saturated carbocycles. The maximum absolute atomic E-state index is 12.9. The molecule has 10 nitrogen and oxygen atoms in total. The number of carbonyl (C=O) groups is 2. The summed E-state index contributed by atoms with van der Waals surface area (Å²) in [6.07, 6.45) is 1.52. The fourth-order valence-electron chi connectivity index (χ4n) is 3.55. The Labute approximate surface area is 192 Å². The van der Waals surface area contributed by atoms with Crippen molar-refractivity contribution in [2.75, 3.05) is 0 Å². The smallest absolute Gasteiger partial charge is 0.408 e. The molecular formula is C24H20N6O4. The van der Waals surface area contributed by atoms with E-state index in [0.717, 1.165) is 16.7 Å². The van der Waals surface area contributed by atoms with Gasteiger partial charge in [0, 0.05) is 25.2 Å². The third-order valence-electron chi connectivity index (χ3n) is 5.33. The molecule has 2 amide bonds. The highest BCUT2D eigenvalue weighted by molar-refractivity contribution is 5.98. The summed E-state index contributed by atoms with van der Waals surface area (Å²) in [5, 5.41) is 9.81. The number of aryl methyl sites for hydroxylation is 1. The largest absolute Gasteiger partial charge is 0.417 e. The molecule has 0 spiro atoms. The van der Waals surface area contributed by atoms with Crippen molar-refractivity contribution >= 4 is 28.6 Å². The molecule has 0 bridgehead atoms. The molecule has 3 aromatic heterocycles. The number of aromatic nitrogens is 4. The van der Waals surface area contributed by atoms with Crippen molar-refractivity contribution in [2.24, 2.45) is 0 Å². The first-order chi connectivity index (χ1) is 16.5. The average molecular weight is 456 g/mol. The van der Waals surface area contributed by atoms with Gasteiger partial charge in [-0.2, -0.15) is 5.10 Å². The first-order valence-electron chi connectivity index (χ1n) is 10.5. The van der Waals surface area contributed by atoms with Crippen LogP contribution in [0.5, 0.6) is 0 Å². The molecule has 170 valence electrons. The van der Waals surface area contributed by atoms with Gasteiger partial charge in [-0.05, 0) is 30.2 Å².